The zero-order valence-electron chi connectivity index (χ0n) is 11.8. The molecule has 4 nitrogen and oxygen atoms in total. The number of aromatic nitrogens is 1. The Morgan fingerprint density at radius 2 is 2.32 bits per heavy atom. The number of nitrogens with zero attached hydrogens (tertiary/aromatic N) is 1. The van der Waals surface area contributed by atoms with E-state index in [-0.39, 0.29) is 18.1 Å². The summed E-state index contributed by atoms with van der Waals surface area (Å²) in [5.41, 5.74) is 0.931. The van der Waals surface area contributed by atoms with E-state index in [1.807, 2.05) is 38.3 Å². The van der Waals surface area contributed by atoms with Gasteiger partial charge in [0.25, 0.3) is 0 Å². The molecule has 0 aliphatic rings. The maximum Gasteiger partial charge on any atom is 0.323 e. The summed E-state index contributed by atoms with van der Waals surface area (Å²) in [6.07, 6.45) is 4.55. The molecular formula is C14H22N2O2S. The molecular weight excluding hydrogens is 260 g/mol. The molecule has 0 unspecified atom stereocenters. The number of ether oxygens (including phenoxy) is 1. The van der Waals surface area contributed by atoms with Crippen LogP contribution in [0.15, 0.2) is 24.4 Å². The van der Waals surface area contributed by atoms with Crippen LogP contribution in [0, 0.1) is 0 Å². The molecule has 1 aromatic heterocycles. The predicted molar refractivity (Wildman–Crippen MR) is 79.2 cm³/mol. The van der Waals surface area contributed by atoms with Crippen molar-refractivity contribution in [3.63, 3.8) is 0 Å². The lowest BCUT2D eigenvalue weighted by Gasteiger charge is -2.21. The van der Waals surface area contributed by atoms with Gasteiger partial charge in [-0.15, -0.1) is 0 Å². The van der Waals surface area contributed by atoms with Crippen LogP contribution in [0.4, 0.5) is 0 Å². The Morgan fingerprint density at radius 3 is 2.89 bits per heavy atom. The topological polar surface area (TPSA) is 51.2 Å². The first kappa shape index (κ1) is 16.0. The van der Waals surface area contributed by atoms with E-state index in [1.165, 1.54) is 0 Å². The average Bonchev–Trinajstić information content (AvgIpc) is 2.44. The maximum atomic E-state index is 11.9. The standard InChI is InChI=1S/C14H22N2O2S/c1-4-18-14(17)13(8-10-19-3)16-11(2)12-7-5-6-9-15-12/h5-7,9,11,13,16H,4,8,10H2,1-3H3/t11-,13+/m1/s1. The lowest BCUT2D eigenvalue weighted by atomic mass is 10.1. The van der Waals surface area contributed by atoms with Gasteiger partial charge in [0.15, 0.2) is 0 Å². The monoisotopic (exact) mass is 282 g/mol. The van der Waals surface area contributed by atoms with Crippen LogP contribution in [-0.4, -0.2) is 35.6 Å². The Balaban J connectivity index is 2.63. The Hall–Kier alpha value is -1.07. The van der Waals surface area contributed by atoms with Crippen molar-refractivity contribution in [3.8, 4) is 0 Å². The van der Waals surface area contributed by atoms with Crippen LogP contribution in [0.2, 0.25) is 0 Å². The molecule has 0 aliphatic heterocycles. The summed E-state index contributed by atoms with van der Waals surface area (Å²) in [5, 5.41) is 3.30. The molecule has 106 valence electrons. The maximum absolute atomic E-state index is 11.9. The van der Waals surface area contributed by atoms with Gasteiger partial charge in [-0.05, 0) is 44.4 Å². The van der Waals surface area contributed by atoms with E-state index >= 15 is 0 Å². The largest absolute Gasteiger partial charge is 0.465 e. The second-order valence-corrected chi connectivity index (χ2v) is 5.21. The number of carbonyl (C=O) groups excluding carboxylic acids is 1. The minimum absolute atomic E-state index is 0.0254. The van der Waals surface area contributed by atoms with Gasteiger partial charge in [0.2, 0.25) is 0 Å². The molecule has 0 spiro atoms. The van der Waals surface area contributed by atoms with Crippen molar-refractivity contribution >= 4 is 17.7 Å². The molecule has 2 atom stereocenters. The highest BCUT2D eigenvalue weighted by atomic mass is 32.2. The van der Waals surface area contributed by atoms with E-state index in [9.17, 15) is 4.79 Å². The summed E-state index contributed by atoms with van der Waals surface area (Å²) in [7, 11) is 0. The molecule has 5 heteroatoms. The smallest absolute Gasteiger partial charge is 0.323 e. The minimum atomic E-state index is -0.274. The number of nitrogens with one attached hydrogen (secondary N) is 1. The third-order valence-electron chi connectivity index (χ3n) is 2.76. The Kier molecular flexibility index (Phi) is 7.52. The quantitative estimate of drug-likeness (QED) is 0.742. The van der Waals surface area contributed by atoms with Gasteiger partial charge in [-0.3, -0.25) is 15.1 Å². The highest BCUT2D eigenvalue weighted by Gasteiger charge is 2.22. The van der Waals surface area contributed by atoms with Gasteiger partial charge in [0.05, 0.1) is 12.3 Å². The number of pyridine rings is 1. The van der Waals surface area contributed by atoms with Crippen LogP contribution in [0.25, 0.3) is 0 Å². The van der Waals surface area contributed by atoms with Gasteiger partial charge >= 0.3 is 5.97 Å². The lowest BCUT2D eigenvalue weighted by molar-refractivity contribution is -0.145. The molecule has 0 aromatic carbocycles. The minimum Gasteiger partial charge on any atom is -0.465 e. The number of carbonyl (C=O) groups is 1. The molecule has 1 N–H and O–H groups in total. The highest BCUT2D eigenvalue weighted by molar-refractivity contribution is 7.98. The van der Waals surface area contributed by atoms with Crippen molar-refractivity contribution in [1.29, 1.82) is 0 Å². The van der Waals surface area contributed by atoms with Crippen molar-refractivity contribution < 1.29 is 9.53 Å². The van der Waals surface area contributed by atoms with Crippen LogP contribution in [-0.2, 0) is 9.53 Å². The first-order valence-corrected chi connectivity index (χ1v) is 7.91. The summed E-state index contributed by atoms with van der Waals surface area (Å²) in [6.45, 7) is 4.24. The van der Waals surface area contributed by atoms with Crippen LogP contribution < -0.4 is 5.32 Å². The molecule has 0 saturated carbocycles. The van der Waals surface area contributed by atoms with Gasteiger partial charge in [-0.1, -0.05) is 6.07 Å². The first-order chi connectivity index (χ1) is 9.19. The number of esters is 1. The van der Waals surface area contributed by atoms with Crippen LogP contribution in [0.3, 0.4) is 0 Å². The van der Waals surface area contributed by atoms with E-state index in [4.69, 9.17) is 4.74 Å². The number of hydrogen-bond acceptors (Lipinski definition) is 5. The Labute approximate surface area is 119 Å². The average molecular weight is 282 g/mol. The first-order valence-electron chi connectivity index (χ1n) is 6.51. The van der Waals surface area contributed by atoms with E-state index in [0.29, 0.717) is 6.61 Å². The van der Waals surface area contributed by atoms with Crippen LogP contribution in [0.5, 0.6) is 0 Å². The van der Waals surface area contributed by atoms with Gasteiger partial charge in [-0.25, -0.2) is 0 Å². The SMILES string of the molecule is CCOC(=O)[C@H](CCSC)N[C@H](C)c1ccccn1. The fourth-order valence-corrected chi connectivity index (χ4v) is 2.24. The van der Waals surface area contributed by atoms with Crippen LogP contribution in [0.1, 0.15) is 32.0 Å². The molecule has 0 aliphatic carbocycles. The van der Waals surface area contributed by atoms with Crippen molar-refractivity contribution in [3.05, 3.63) is 30.1 Å². The molecule has 1 rings (SSSR count). The van der Waals surface area contributed by atoms with E-state index in [0.717, 1.165) is 17.9 Å². The molecule has 0 bridgehead atoms. The highest BCUT2D eigenvalue weighted by Crippen LogP contribution is 2.12. The van der Waals surface area contributed by atoms with Gasteiger partial charge in [-0.2, -0.15) is 11.8 Å². The fraction of sp³-hybridized carbons (Fsp3) is 0.571. The molecule has 0 radical (unpaired) electrons. The van der Waals surface area contributed by atoms with E-state index in [1.54, 1.807) is 18.0 Å². The molecule has 0 saturated heterocycles. The van der Waals surface area contributed by atoms with Gasteiger partial charge in [0, 0.05) is 12.2 Å². The molecule has 0 amide bonds. The zero-order chi connectivity index (χ0) is 14.1. The number of thioether (sulfide) groups is 1. The fourth-order valence-electron chi connectivity index (χ4n) is 1.77. The van der Waals surface area contributed by atoms with Gasteiger partial charge < -0.3 is 4.74 Å². The third-order valence-corrected chi connectivity index (χ3v) is 3.41. The Morgan fingerprint density at radius 1 is 1.53 bits per heavy atom. The summed E-state index contributed by atoms with van der Waals surface area (Å²) in [6, 6.07) is 5.53. The number of rotatable bonds is 8. The van der Waals surface area contributed by atoms with E-state index < -0.39 is 0 Å². The third kappa shape index (κ3) is 5.61. The predicted octanol–water partition coefficient (Wildman–Crippen LogP) is 2.42. The summed E-state index contributed by atoms with van der Waals surface area (Å²) < 4.78 is 5.11. The molecule has 1 aromatic rings. The molecule has 0 fully saturated rings. The number of hydrogen-bond donors (Lipinski definition) is 1. The second kappa shape index (κ2) is 8.93. The van der Waals surface area contributed by atoms with Crippen molar-refractivity contribution in [2.24, 2.45) is 0 Å². The van der Waals surface area contributed by atoms with Crippen molar-refractivity contribution in [2.45, 2.75) is 32.4 Å². The molecule has 19 heavy (non-hydrogen) atoms. The summed E-state index contributed by atoms with van der Waals surface area (Å²) in [4.78, 5) is 16.2. The summed E-state index contributed by atoms with van der Waals surface area (Å²) >= 11 is 1.72. The lowest BCUT2D eigenvalue weighted by Crippen LogP contribution is -2.40. The van der Waals surface area contributed by atoms with E-state index in [2.05, 4.69) is 10.3 Å². The van der Waals surface area contributed by atoms with Crippen molar-refractivity contribution in [1.82, 2.24) is 10.3 Å². The molecule has 1 heterocycles. The van der Waals surface area contributed by atoms with Crippen LogP contribution >= 0.6 is 11.8 Å². The summed E-state index contributed by atoms with van der Waals surface area (Å²) in [5.74, 6) is 0.741. The normalized spacial score (nSPS) is 13.8. The second-order valence-electron chi connectivity index (χ2n) is 4.23. The zero-order valence-corrected chi connectivity index (χ0v) is 12.6. The Bertz CT molecular complexity index is 373. The van der Waals surface area contributed by atoms with Crippen molar-refractivity contribution in [2.75, 3.05) is 18.6 Å². The van der Waals surface area contributed by atoms with Gasteiger partial charge in [0.1, 0.15) is 6.04 Å².